The van der Waals surface area contributed by atoms with Gasteiger partial charge in [0.05, 0.1) is 29.8 Å². The van der Waals surface area contributed by atoms with Crippen molar-refractivity contribution in [3.63, 3.8) is 0 Å². The van der Waals surface area contributed by atoms with Gasteiger partial charge in [0, 0.05) is 23.2 Å². The van der Waals surface area contributed by atoms with Crippen molar-refractivity contribution < 1.29 is 23.1 Å². The normalized spacial score (nSPS) is 38.6. The highest BCUT2D eigenvalue weighted by molar-refractivity contribution is 7.89. The maximum absolute atomic E-state index is 13.8. The fourth-order valence-electron chi connectivity index (χ4n) is 8.72. The van der Waals surface area contributed by atoms with Crippen LogP contribution in [0.2, 0.25) is 0 Å². The van der Waals surface area contributed by atoms with E-state index in [1.807, 2.05) is 18.2 Å². The van der Waals surface area contributed by atoms with E-state index < -0.39 is 23.9 Å². The summed E-state index contributed by atoms with van der Waals surface area (Å²) in [4.78, 5) is 13.1. The van der Waals surface area contributed by atoms with E-state index in [1.165, 1.54) is 6.42 Å². The van der Waals surface area contributed by atoms with Gasteiger partial charge in [0.1, 0.15) is 17.1 Å². The van der Waals surface area contributed by atoms with Gasteiger partial charge < -0.3 is 18.3 Å². The van der Waals surface area contributed by atoms with E-state index in [2.05, 4.69) is 38.5 Å². The summed E-state index contributed by atoms with van der Waals surface area (Å²) in [5, 5.41) is 1.06. The van der Waals surface area contributed by atoms with E-state index in [9.17, 15) is 9.35 Å². The quantitative estimate of drug-likeness (QED) is 0.412. The molecule has 4 bridgehead atoms. The second kappa shape index (κ2) is 8.34. The zero-order valence-electron chi connectivity index (χ0n) is 22.3. The Morgan fingerprint density at radius 1 is 1.16 bits per heavy atom. The summed E-state index contributed by atoms with van der Waals surface area (Å²) in [6.07, 6.45) is 7.34. The van der Waals surface area contributed by atoms with Crippen LogP contribution in [0.5, 0.6) is 0 Å². The molecule has 1 N–H and O–H groups in total. The SMILES string of the molecule is CC1(C)C2C[C@H]1CC1OB(C(Cc3coc4ccccc34)N[S+]([O-])C[C@@]34CCC(CC3=O)C4(C)C)OC12. The number of carbonyl (C=O) groups excluding carboxylic acids is 1. The molecule has 6 nitrogen and oxygen atoms in total. The molecule has 1 saturated heterocycles. The van der Waals surface area contributed by atoms with Crippen molar-refractivity contribution in [1.82, 2.24) is 4.72 Å². The minimum atomic E-state index is -1.40. The molecule has 2 aromatic rings. The van der Waals surface area contributed by atoms with Crippen molar-refractivity contribution in [2.45, 2.75) is 84.4 Å². The zero-order valence-corrected chi connectivity index (χ0v) is 23.1. The molecule has 0 amide bonds. The lowest BCUT2D eigenvalue weighted by Crippen LogP contribution is -2.59. The first-order valence-corrected chi connectivity index (χ1v) is 15.4. The number of rotatable bonds is 7. The molecule has 0 radical (unpaired) electrons. The molecule has 8 rings (SSSR count). The van der Waals surface area contributed by atoms with Crippen LogP contribution in [0.4, 0.5) is 0 Å². The summed E-state index contributed by atoms with van der Waals surface area (Å²) in [7, 11) is -0.483. The van der Waals surface area contributed by atoms with Crippen LogP contribution in [-0.4, -0.2) is 41.4 Å². The van der Waals surface area contributed by atoms with Crippen LogP contribution in [0.1, 0.15) is 65.4 Å². The minimum absolute atomic E-state index is 0.0911. The van der Waals surface area contributed by atoms with Gasteiger partial charge in [-0.1, -0.05) is 45.9 Å². The number of para-hydroxylation sites is 1. The van der Waals surface area contributed by atoms with Gasteiger partial charge in [-0.2, -0.15) is 0 Å². The molecule has 6 unspecified atom stereocenters. The molecule has 5 saturated carbocycles. The Morgan fingerprint density at radius 3 is 2.70 bits per heavy atom. The summed E-state index contributed by atoms with van der Waals surface area (Å²) in [5.41, 5.74) is 1.57. The summed E-state index contributed by atoms with van der Waals surface area (Å²) >= 11 is -1.40. The van der Waals surface area contributed by atoms with Gasteiger partial charge in [-0.3, -0.25) is 4.79 Å². The number of carbonyl (C=O) groups is 1. The molecule has 2 heterocycles. The van der Waals surface area contributed by atoms with Crippen LogP contribution in [0.3, 0.4) is 0 Å². The van der Waals surface area contributed by atoms with E-state index >= 15 is 0 Å². The minimum Gasteiger partial charge on any atom is -0.598 e. The lowest BCUT2D eigenvalue weighted by Gasteiger charge is -2.60. The molecular formula is C29H38BNO5S. The van der Waals surface area contributed by atoms with E-state index in [4.69, 9.17) is 13.7 Å². The Labute approximate surface area is 223 Å². The Kier molecular flexibility index (Phi) is 5.57. The van der Waals surface area contributed by atoms with Gasteiger partial charge in [-0.15, -0.1) is 4.72 Å². The molecule has 1 aliphatic heterocycles. The van der Waals surface area contributed by atoms with Crippen molar-refractivity contribution >= 4 is 35.2 Å². The highest BCUT2D eigenvalue weighted by Gasteiger charge is 2.67. The lowest BCUT2D eigenvalue weighted by molar-refractivity contribution is -0.150. The molecule has 6 aliphatic rings. The van der Waals surface area contributed by atoms with Crippen LogP contribution >= 0.6 is 0 Å². The summed E-state index contributed by atoms with van der Waals surface area (Å²) in [6, 6.07) is 8.01. The number of hydrogen-bond donors (Lipinski definition) is 1. The van der Waals surface area contributed by atoms with Crippen molar-refractivity contribution in [2.24, 2.45) is 34.0 Å². The number of benzene rings is 1. The van der Waals surface area contributed by atoms with Gasteiger partial charge >= 0.3 is 7.12 Å². The van der Waals surface area contributed by atoms with Crippen LogP contribution in [0.25, 0.3) is 11.0 Å². The van der Waals surface area contributed by atoms with Crippen molar-refractivity contribution in [1.29, 1.82) is 0 Å². The monoisotopic (exact) mass is 523 g/mol. The maximum Gasteiger partial charge on any atom is 0.480 e. The third-order valence-electron chi connectivity index (χ3n) is 11.6. The van der Waals surface area contributed by atoms with Crippen molar-refractivity contribution in [3.8, 4) is 0 Å². The molecule has 1 aromatic carbocycles. The smallest absolute Gasteiger partial charge is 0.480 e. The van der Waals surface area contributed by atoms with E-state index in [0.29, 0.717) is 47.5 Å². The van der Waals surface area contributed by atoms with Crippen LogP contribution in [0.15, 0.2) is 34.9 Å². The van der Waals surface area contributed by atoms with Gasteiger partial charge in [0.2, 0.25) is 0 Å². The summed E-state index contributed by atoms with van der Waals surface area (Å²) in [5.74, 6) is 1.95. The average Bonchev–Trinajstić information content (AvgIpc) is 3.57. The van der Waals surface area contributed by atoms with E-state index in [-0.39, 0.29) is 23.6 Å². The predicted molar refractivity (Wildman–Crippen MR) is 144 cm³/mol. The van der Waals surface area contributed by atoms with Gasteiger partial charge in [0.25, 0.3) is 0 Å². The number of Topliss-reactive ketones (excluding diaryl/α,β-unsaturated/α-hetero) is 1. The van der Waals surface area contributed by atoms with Crippen molar-refractivity contribution in [3.05, 3.63) is 36.1 Å². The summed E-state index contributed by atoms with van der Waals surface area (Å²) < 4.78 is 36.2. The van der Waals surface area contributed by atoms with Crippen LogP contribution in [-0.2, 0) is 31.9 Å². The van der Waals surface area contributed by atoms with Gasteiger partial charge in [-0.25, -0.2) is 0 Å². The first kappa shape index (κ1) is 24.7. The Balaban J connectivity index is 1.14. The highest BCUT2D eigenvalue weighted by atomic mass is 32.2. The third kappa shape index (κ3) is 3.51. The maximum atomic E-state index is 13.8. The fraction of sp³-hybridized carbons (Fsp3) is 0.690. The largest absolute Gasteiger partial charge is 0.598 e. The predicted octanol–water partition coefficient (Wildman–Crippen LogP) is 4.87. The average molecular weight is 524 g/mol. The van der Waals surface area contributed by atoms with Crippen LogP contribution in [0, 0.1) is 34.0 Å². The number of furan rings is 1. The fourth-order valence-corrected chi connectivity index (χ4v) is 10.5. The topological polar surface area (TPSA) is 83.8 Å². The molecule has 1 aromatic heterocycles. The Morgan fingerprint density at radius 2 is 1.97 bits per heavy atom. The third-order valence-corrected chi connectivity index (χ3v) is 12.9. The number of hydrogen-bond acceptors (Lipinski definition) is 6. The zero-order chi connectivity index (χ0) is 25.7. The van der Waals surface area contributed by atoms with Crippen LogP contribution < -0.4 is 4.72 Å². The van der Waals surface area contributed by atoms with E-state index in [0.717, 1.165) is 35.8 Å². The summed E-state index contributed by atoms with van der Waals surface area (Å²) in [6.45, 7) is 9.11. The number of fused-ring (bicyclic) bond motifs is 3. The van der Waals surface area contributed by atoms with Crippen molar-refractivity contribution in [2.75, 3.05) is 5.75 Å². The molecule has 5 aliphatic carbocycles. The molecule has 8 atom stereocenters. The molecule has 8 heteroatoms. The first-order chi connectivity index (χ1) is 17.6. The molecule has 198 valence electrons. The first-order valence-electron chi connectivity index (χ1n) is 14.0. The number of nitrogens with one attached hydrogen (secondary N) is 1. The van der Waals surface area contributed by atoms with Gasteiger partial charge in [0.15, 0.2) is 0 Å². The molecule has 6 fully saturated rings. The second-order valence-electron chi connectivity index (χ2n) is 13.6. The molecular weight excluding hydrogens is 485 g/mol. The lowest BCUT2D eigenvalue weighted by atomic mass is 9.47. The Hall–Kier alpha value is -1.32. The van der Waals surface area contributed by atoms with Gasteiger partial charge in [-0.05, 0) is 72.3 Å². The Bertz CT molecular complexity index is 1230. The van der Waals surface area contributed by atoms with E-state index in [1.54, 1.807) is 6.26 Å². The molecule has 0 spiro atoms. The highest BCUT2D eigenvalue weighted by Crippen LogP contribution is 2.64. The molecule has 37 heavy (non-hydrogen) atoms. The number of ketones is 1. The second-order valence-corrected chi connectivity index (χ2v) is 14.8. The standard InChI is InChI=1S/C29H38BNO5S/c1-27(2)19-12-21(27)26-23(13-19)35-30(36-26)25(11-17-15-34-22-8-6-5-7-20(17)22)31-37(33)16-29-10-9-18(14-24(29)32)28(29,3)4/h5-8,15,18-19,21,23,25-26,31H,9-14,16H2,1-4H3/t18?,19-,21?,23?,25?,26?,29-,37?/m0/s1.